The Bertz CT molecular complexity index is 433. The number of rotatable bonds is 5. The van der Waals surface area contributed by atoms with Crippen molar-refractivity contribution in [2.45, 2.75) is 13.1 Å². The van der Waals surface area contributed by atoms with Crippen molar-refractivity contribution in [2.75, 3.05) is 13.4 Å². The molecule has 0 saturated carbocycles. The van der Waals surface area contributed by atoms with Gasteiger partial charge in [0.25, 0.3) is 0 Å². The zero-order valence-corrected chi connectivity index (χ0v) is 9.67. The van der Waals surface area contributed by atoms with Gasteiger partial charge in [0.2, 0.25) is 0 Å². The molecule has 18 heavy (non-hydrogen) atoms. The second-order valence-electron chi connectivity index (χ2n) is 3.38. The molecule has 4 nitrogen and oxygen atoms in total. The fourth-order valence-corrected chi connectivity index (χ4v) is 1.23. The van der Waals surface area contributed by atoms with Gasteiger partial charge in [-0.3, -0.25) is 5.41 Å². The van der Waals surface area contributed by atoms with E-state index < -0.39 is 17.6 Å². The lowest BCUT2D eigenvalue weighted by atomic mass is 10.1. The second kappa shape index (κ2) is 5.72. The molecule has 0 aliphatic heterocycles. The molecule has 0 aromatic heterocycles. The maximum absolute atomic E-state index is 12.8. The average Bonchev–Trinajstić information content (AvgIpc) is 2.28. The number of benzene rings is 1. The largest absolute Gasteiger partial charge is 0.467 e. The number of amidine groups is 1. The van der Waals surface area contributed by atoms with Crippen molar-refractivity contribution in [1.82, 2.24) is 0 Å². The van der Waals surface area contributed by atoms with Gasteiger partial charge in [0, 0.05) is 12.2 Å². The molecule has 1 aromatic rings. The molecule has 0 aliphatic rings. The van der Waals surface area contributed by atoms with E-state index in [0.29, 0.717) is 6.61 Å². The van der Waals surface area contributed by atoms with Crippen LogP contribution in [0.3, 0.4) is 0 Å². The topological polar surface area (TPSA) is 68.3 Å². The van der Waals surface area contributed by atoms with Crippen LogP contribution in [0.25, 0.3) is 0 Å². The number of nitrogens with one attached hydrogen (secondary N) is 1. The van der Waals surface area contributed by atoms with Crippen LogP contribution < -0.4 is 10.5 Å². The Morgan fingerprint density at radius 3 is 2.56 bits per heavy atom. The second-order valence-corrected chi connectivity index (χ2v) is 3.38. The molecule has 0 atom stereocenters. The Balaban J connectivity index is 3.05. The van der Waals surface area contributed by atoms with E-state index in [0.717, 1.165) is 12.1 Å². The van der Waals surface area contributed by atoms with Gasteiger partial charge in [0.05, 0.1) is 5.56 Å². The highest BCUT2D eigenvalue weighted by Crippen LogP contribution is 2.36. The van der Waals surface area contributed by atoms with Gasteiger partial charge in [-0.15, -0.1) is 0 Å². The van der Waals surface area contributed by atoms with Crippen LogP contribution in [-0.4, -0.2) is 19.2 Å². The zero-order valence-electron chi connectivity index (χ0n) is 9.67. The fraction of sp³-hybridized carbons (Fsp3) is 0.364. The predicted molar refractivity (Wildman–Crippen MR) is 59.6 cm³/mol. The summed E-state index contributed by atoms with van der Waals surface area (Å²) < 4.78 is 48.0. The lowest BCUT2D eigenvalue weighted by Crippen LogP contribution is -2.15. The molecule has 0 bridgehead atoms. The molecular formula is C11H13F3N2O2. The van der Waals surface area contributed by atoms with E-state index in [1.807, 2.05) is 0 Å². The SMILES string of the molecule is CCOCOc1ccc(C(=N)N)cc1C(F)(F)F. The summed E-state index contributed by atoms with van der Waals surface area (Å²) in [6.07, 6.45) is -4.58. The summed E-state index contributed by atoms with van der Waals surface area (Å²) >= 11 is 0. The van der Waals surface area contributed by atoms with E-state index in [4.69, 9.17) is 20.6 Å². The van der Waals surface area contributed by atoms with E-state index in [-0.39, 0.29) is 18.1 Å². The van der Waals surface area contributed by atoms with E-state index in [1.165, 1.54) is 6.07 Å². The summed E-state index contributed by atoms with van der Waals surface area (Å²) in [6.45, 7) is 1.78. The molecular weight excluding hydrogens is 249 g/mol. The van der Waals surface area contributed by atoms with Crippen molar-refractivity contribution in [3.05, 3.63) is 29.3 Å². The highest BCUT2D eigenvalue weighted by molar-refractivity contribution is 5.95. The maximum Gasteiger partial charge on any atom is 0.419 e. The third-order valence-corrected chi connectivity index (χ3v) is 2.10. The van der Waals surface area contributed by atoms with E-state index in [1.54, 1.807) is 6.92 Å². The molecule has 0 saturated heterocycles. The van der Waals surface area contributed by atoms with Crippen molar-refractivity contribution in [1.29, 1.82) is 5.41 Å². The number of alkyl halides is 3. The molecule has 7 heteroatoms. The molecule has 0 heterocycles. The van der Waals surface area contributed by atoms with Crippen LogP contribution in [0.1, 0.15) is 18.1 Å². The number of halogens is 3. The van der Waals surface area contributed by atoms with Crippen LogP contribution in [0, 0.1) is 5.41 Å². The van der Waals surface area contributed by atoms with Gasteiger partial charge in [0.15, 0.2) is 6.79 Å². The quantitative estimate of drug-likeness (QED) is 0.370. The van der Waals surface area contributed by atoms with Crippen LogP contribution in [0.2, 0.25) is 0 Å². The Hall–Kier alpha value is -1.76. The zero-order chi connectivity index (χ0) is 13.8. The lowest BCUT2D eigenvalue weighted by Gasteiger charge is -2.14. The number of hydrogen-bond donors (Lipinski definition) is 2. The third kappa shape index (κ3) is 3.63. The molecule has 0 fully saturated rings. The minimum Gasteiger partial charge on any atom is -0.467 e. The van der Waals surface area contributed by atoms with Crippen molar-refractivity contribution >= 4 is 5.84 Å². The molecule has 100 valence electrons. The number of nitrogens with two attached hydrogens (primary N) is 1. The smallest absolute Gasteiger partial charge is 0.419 e. The van der Waals surface area contributed by atoms with Gasteiger partial charge in [-0.25, -0.2) is 0 Å². The molecule has 3 N–H and O–H groups in total. The van der Waals surface area contributed by atoms with Gasteiger partial charge in [0.1, 0.15) is 11.6 Å². The summed E-state index contributed by atoms with van der Waals surface area (Å²) in [7, 11) is 0. The van der Waals surface area contributed by atoms with E-state index in [9.17, 15) is 13.2 Å². The van der Waals surface area contributed by atoms with E-state index >= 15 is 0 Å². The normalized spacial score (nSPS) is 11.3. The predicted octanol–water partition coefficient (Wildman–Crippen LogP) is 2.36. The van der Waals surface area contributed by atoms with E-state index in [2.05, 4.69) is 0 Å². The summed E-state index contributed by atoms with van der Waals surface area (Å²) in [5.74, 6) is -0.780. The summed E-state index contributed by atoms with van der Waals surface area (Å²) in [6, 6.07) is 3.20. The fourth-order valence-electron chi connectivity index (χ4n) is 1.23. The summed E-state index contributed by atoms with van der Waals surface area (Å²) in [5, 5.41) is 7.12. The van der Waals surface area contributed by atoms with Crippen LogP contribution in [0.15, 0.2) is 18.2 Å². The Kier molecular flexibility index (Phi) is 4.55. The third-order valence-electron chi connectivity index (χ3n) is 2.10. The lowest BCUT2D eigenvalue weighted by molar-refractivity contribution is -0.139. The minimum atomic E-state index is -4.58. The monoisotopic (exact) mass is 262 g/mol. The van der Waals surface area contributed by atoms with Crippen LogP contribution in [-0.2, 0) is 10.9 Å². The van der Waals surface area contributed by atoms with Gasteiger partial charge in [-0.1, -0.05) is 0 Å². The number of nitrogen functional groups attached to an aromatic ring is 1. The van der Waals surface area contributed by atoms with Gasteiger partial charge in [-0.05, 0) is 25.1 Å². The molecule has 1 rings (SSSR count). The Morgan fingerprint density at radius 1 is 1.39 bits per heavy atom. The summed E-state index contributed by atoms with van der Waals surface area (Å²) in [5.41, 5.74) is 4.16. The first kappa shape index (κ1) is 14.3. The van der Waals surface area contributed by atoms with Gasteiger partial charge in [-0.2, -0.15) is 13.2 Å². The summed E-state index contributed by atoms with van der Waals surface area (Å²) in [4.78, 5) is 0. The van der Waals surface area contributed by atoms with Crippen molar-refractivity contribution < 1.29 is 22.6 Å². The van der Waals surface area contributed by atoms with Crippen LogP contribution >= 0.6 is 0 Å². The maximum atomic E-state index is 12.8. The number of hydrogen-bond acceptors (Lipinski definition) is 3. The molecule has 0 spiro atoms. The molecule has 0 amide bonds. The highest BCUT2D eigenvalue weighted by atomic mass is 19.4. The minimum absolute atomic E-state index is 0.00825. The van der Waals surface area contributed by atoms with Crippen LogP contribution in [0.4, 0.5) is 13.2 Å². The first-order chi connectivity index (χ1) is 8.36. The first-order valence-corrected chi connectivity index (χ1v) is 5.12. The van der Waals surface area contributed by atoms with Gasteiger partial charge < -0.3 is 15.2 Å². The highest BCUT2D eigenvalue weighted by Gasteiger charge is 2.34. The molecule has 0 aliphatic carbocycles. The van der Waals surface area contributed by atoms with Crippen molar-refractivity contribution in [2.24, 2.45) is 5.73 Å². The molecule has 0 radical (unpaired) electrons. The van der Waals surface area contributed by atoms with Crippen LogP contribution in [0.5, 0.6) is 5.75 Å². The van der Waals surface area contributed by atoms with Crippen molar-refractivity contribution in [3.63, 3.8) is 0 Å². The Labute approximate surface area is 102 Å². The standard InChI is InChI=1S/C11H13F3N2O2/c1-2-17-6-18-9-4-3-7(10(15)16)5-8(9)11(12,13)14/h3-5H,2,6H2,1H3,(H3,15,16). The Morgan fingerprint density at radius 2 is 2.06 bits per heavy atom. The molecule has 0 unspecified atom stereocenters. The molecule has 1 aromatic carbocycles. The van der Waals surface area contributed by atoms with Gasteiger partial charge >= 0.3 is 6.18 Å². The average molecular weight is 262 g/mol. The first-order valence-electron chi connectivity index (χ1n) is 5.12. The number of ether oxygens (including phenoxy) is 2. The van der Waals surface area contributed by atoms with Crippen molar-refractivity contribution in [3.8, 4) is 5.75 Å².